The second kappa shape index (κ2) is 9.97. The van der Waals surface area contributed by atoms with E-state index in [1.165, 1.54) is 0 Å². The summed E-state index contributed by atoms with van der Waals surface area (Å²) in [5, 5.41) is 0. The first kappa shape index (κ1) is 15.7. The van der Waals surface area contributed by atoms with Gasteiger partial charge in [-0.25, -0.2) is 0 Å². The van der Waals surface area contributed by atoms with Crippen LogP contribution in [0.2, 0.25) is 0 Å². The maximum absolute atomic E-state index is 5.20. The fourth-order valence-electron chi connectivity index (χ4n) is 0. The number of hydrogen-bond donors (Lipinski definition) is 0. The molecule has 0 radical (unpaired) electrons. The number of hydrogen-bond acceptors (Lipinski definition) is 0. The average molecular weight is 228 g/mol. The molecule has 0 unspecified atom stereocenters. The van der Waals surface area contributed by atoms with E-state index in [0.717, 1.165) is 0 Å². The van der Waals surface area contributed by atoms with Gasteiger partial charge in [0.25, 0.3) is 0 Å². The standard InChI is InChI=1S/C2H2.2CH3.2ClH.Ru/c1-2;;;;;/h1H2;2*1H3;2*1H;/q;2*-1;;;+2/p-2. The topological polar surface area (TPSA) is 0 Å². The van der Waals surface area contributed by atoms with Crippen molar-refractivity contribution in [3.8, 4) is 0 Å². The number of rotatable bonds is 0. The maximum Gasteiger partial charge on any atom is -0.358 e. The molecule has 0 nitrogen and oxygen atoms in total. The van der Waals surface area contributed by atoms with E-state index in [1.807, 2.05) is 0 Å². The normalized spacial score (nSPS) is 6.86. The molecule has 0 aromatic rings. The molecule has 0 saturated heterocycles. The third-order valence-electron chi connectivity index (χ3n) is 0.0945. The van der Waals surface area contributed by atoms with Crippen LogP contribution in [-0.2, 0) is 13.5 Å². The predicted octanol–water partition coefficient (Wildman–Crippen LogP) is 2.40. The van der Waals surface area contributed by atoms with Gasteiger partial charge in [-0.05, 0) is 0 Å². The Bertz CT molecular complexity index is 69.8. The first-order chi connectivity index (χ1) is 2.27. The van der Waals surface area contributed by atoms with Gasteiger partial charge < -0.3 is 14.9 Å². The first-order valence-corrected chi connectivity index (χ1v) is 6.14. The van der Waals surface area contributed by atoms with Gasteiger partial charge in [0, 0.05) is 0 Å². The summed E-state index contributed by atoms with van der Waals surface area (Å²) in [5.74, 6) is 0. The molecule has 0 atom stereocenters. The molecule has 0 fully saturated rings. The Kier molecular flexibility index (Phi) is 22.3. The molecule has 0 N–H and O–H groups in total. The van der Waals surface area contributed by atoms with Gasteiger partial charge >= 0.3 is 43.7 Å². The van der Waals surface area contributed by atoms with Crippen molar-refractivity contribution in [2.75, 3.05) is 0 Å². The molecular weight excluding hydrogens is 220 g/mol. The predicted molar refractivity (Wildman–Crippen MR) is 35.2 cm³/mol. The third-order valence-corrected chi connectivity index (χ3v) is 1.68. The fourth-order valence-corrected chi connectivity index (χ4v) is 0. The summed E-state index contributed by atoms with van der Waals surface area (Å²) in [7, 11) is 10.4. The molecule has 0 aliphatic heterocycles. The van der Waals surface area contributed by atoms with E-state index in [-0.39, 0.29) is 14.9 Å². The number of halogens is 2. The van der Waals surface area contributed by atoms with E-state index < -0.39 is 13.5 Å². The molecule has 0 aliphatic carbocycles. The maximum atomic E-state index is 5.20. The van der Waals surface area contributed by atoms with Gasteiger partial charge in [0.2, 0.25) is 0 Å². The molecule has 48 valence electrons. The molecular formula is C4H8Cl2Ru-2. The Morgan fingerprint density at radius 1 is 1.29 bits per heavy atom. The van der Waals surface area contributed by atoms with Crippen molar-refractivity contribution in [3.63, 3.8) is 0 Å². The summed E-state index contributed by atoms with van der Waals surface area (Å²) in [5.41, 5.74) is 0. The minimum absolute atomic E-state index is 0. The van der Waals surface area contributed by atoms with Crippen LogP contribution in [0.5, 0.6) is 0 Å². The van der Waals surface area contributed by atoms with E-state index in [9.17, 15) is 0 Å². The fraction of sp³-hybridized carbons (Fsp3) is 0. The smallest absolute Gasteiger partial charge is 0.358 e. The molecule has 0 aromatic carbocycles. The summed E-state index contributed by atoms with van der Waals surface area (Å²) >= 11 is -1.60. The SMILES string of the molecule is C=[C]=[Ru]([Cl])[Cl].[CH3-].[CH3-]. The van der Waals surface area contributed by atoms with Crippen molar-refractivity contribution < 1.29 is 13.5 Å². The van der Waals surface area contributed by atoms with Gasteiger partial charge in [0.05, 0.1) is 0 Å². The van der Waals surface area contributed by atoms with Gasteiger partial charge in [-0.1, -0.05) is 0 Å². The van der Waals surface area contributed by atoms with Gasteiger partial charge in [0.15, 0.2) is 0 Å². The van der Waals surface area contributed by atoms with Crippen LogP contribution < -0.4 is 0 Å². The monoisotopic (exact) mass is 228 g/mol. The van der Waals surface area contributed by atoms with Gasteiger partial charge in [-0.3, -0.25) is 0 Å². The molecule has 7 heavy (non-hydrogen) atoms. The summed E-state index contributed by atoms with van der Waals surface area (Å²) in [6, 6.07) is 0. The third kappa shape index (κ3) is 19.8. The van der Waals surface area contributed by atoms with E-state index in [4.69, 9.17) is 19.4 Å². The molecule has 0 rings (SSSR count). The second-order valence-corrected chi connectivity index (χ2v) is 5.80. The van der Waals surface area contributed by atoms with Crippen molar-refractivity contribution >= 4 is 23.6 Å². The van der Waals surface area contributed by atoms with Gasteiger partial charge in [0.1, 0.15) is 0 Å². The molecule has 3 heteroatoms. The van der Waals surface area contributed by atoms with Crippen LogP contribution in [0.3, 0.4) is 0 Å². The van der Waals surface area contributed by atoms with Crippen molar-refractivity contribution in [1.29, 1.82) is 0 Å². The summed E-state index contributed by atoms with van der Waals surface area (Å²) < 4.78 is 2.45. The van der Waals surface area contributed by atoms with Crippen LogP contribution in [-0.4, -0.2) is 4.26 Å². The molecule has 0 heterocycles. The summed E-state index contributed by atoms with van der Waals surface area (Å²) in [4.78, 5) is 0. The van der Waals surface area contributed by atoms with E-state index in [0.29, 0.717) is 0 Å². The molecule has 0 spiro atoms. The van der Waals surface area contributed by atoms with Gasteiger partial charge in [-0.2, -0.15) is 0 Å². The zero-order valence-corrected chi connectivity index (χ0v) is 7.57. The zero-order chi connectivity index (χ0) is 4.28. The Balaban J connectivity index is -0.0000000800. The zero-order valence-electron chi connectivity index (χ0n) is 4.32. The van der Waals surface area contributed by atoms with E-state index in [2.05, 4.69) is 10.8 Å². The molecule has 0 amide bonds. The minimum atomic E-state index is -1.60. The minimum Gasteiger partial charge on any atom is -0.358 e. The van der Waals surface area contributed by atoms with Crippen molar-refractivity contribution in [3.05, 3.63) is 21.4 Å². The van der Waals surface area contributed by atoms with Crippen molar-refractivity contribution in [2.45, 2.75) is 0 Å². The van der Waals surface area contributed by atoms with Crippen LogP contribution in [0.25, 0.3) is 0 Å². The first-order valence-electron chi connectivity index (χ1n) is 0.798. The quantitative estimate of drug-likeness (QED) is 0.441. The van der Waals surface area contributed by atoms with Crippen LogP contribution >= 0.6 is 19.4 Å². The van der Waals surface area contributed by atoms with Crippen LogP contribution in [0.1, 0.15) is 0 Å². The molecule has 0 saturated carbocycles. The average Bonchev–Trinajstić information content (AvgIpc) is 1.38. The largest absolute Gasteiger partial charge is 0.358 e. The van der Waals surface area contributed by atoms with Crippen LogP contribution in [0, 0.1) is 14.9 Å². The molecule has 0 aliphatic rings. The van der Waals surface area contributed by atoms with Crippen LogP contribution in [0.15, 0.2) is 6.58 Å². The summed E-state index contributed by atoms with van der Waals surface area (Å²) in [6.45, 7) is 3.24. The Morgan fingerprint density at radius 2 is 1.43 bits per heavy atom. The Labute approximate surface area is 58.6 Å². The van der Waals surface area contributed by atoms with E-state index in [1.54, 1.807) is 0 Å². The van der Waals surface area contributed by atoms with Crippen molar-refractivity contribution in [1.82, 2.24) is 0 Å². The second-order valence-electron chi connectivity index (χ2n) is 0.309. The van der Waals surface area contributed by atoms with Gasteiger partial charge in [-0.15, -0.1) is 0 Å². The van der Waals surface area contributed by atoms with E-state index >= 15 is 0 Å². The molecule has 0 aromatic heterocycles. The Morgan fingerprint density at radius 3 is 1.43 bits per heavy atom. The van der Waals surface area contributed by atoms with Crippen molar-refractivity contribution in [2.24, 2.45) is 0 Å². The van der Waals surface area contributed by atoms with Crippen LogP contribution in [0.4, 0.5) is 0 Å². The molecule has 0 bridgehead atoms. The Hall–Kier alpha value is 0.853. The summed E-state index contributed by atoms with van der Waals surface area (Å²) in [6.07, 6.45) is 0.